The normalized spacial score (nSPS) is 12.7. The minimum absolute atomic E-state index is 0.379. The van der Waals surface area contributed by atoms with Gasteiger partial charge in [-0.2, -0.15) is 5.26 Å². The molecule has 0 saturated carbocycles. The Labute approximate surface area is 135 Å². The second-order valence-corrected chi connectivity index (χ2v) is 4.84. The van der Waals surface area contributed by atoms with Gasteiger partial charge in [0.25, 0.3) is 5.91 Å². The van der Waals surface area contributed by atoms with Gasteiger partial charge in [-0.3, -0.25) is 4.79 Å². The number of para-hydroxylation sites is 1. The minimum atomic E-state index is -0.819. The number of benzene rings is 2. The highest BCUT2D eigenvalue weighted by atomic mass is 16.5. The van der Waals surface area contributed by atoms with Crippen molar-refractivity contribution < 1.29 is 14.3 Å². The SMILES string of the molecule is COc1ccccc1[C@@H](C#N)NC(=O)[C@H](OC)c1ccccc1. The molecular weight excluding hydrogens is 292 g/mol. The average Bonchev–Trinajstić information content (AvgIpc) is 2.61. The molecule has 23 heavy (non-hydrogen) atoms. The molecule has 2 aromatic carbocycles. The summed E-state index contributed by atoms with van der Waals surface area (Å²) in [6, 6.07) is 17.5. The summed E-state index contributed by atoms with van der Waals surface area (Å²) in [5, 5.41) is 12.1. The molecule has 5 nitrogen and oxygen atoms in total. The van der Waals surface area contributed by atoms with E-state index in [4.69, 9.17) is 9.47 Å². The molecule has 0 aliphatic rings. The van der Waals surface area contributed by atoms with E-state index < -0.39 is 12.1 Å². The number of amides is 1. The van der Waals surface area contributed by atoms with Gasteiger partial charge >= 0.3 is 0 Å². The van der Waals surface area contributed by atoms with Crippen LogP contribution >= 0.6 is 0 Å². The van der Waals surface area contributed by atoms with Crippen molar-refractivity contribution in [3.63, 3.8) is 0 Å². The Kier molecular flexibility index (Phi) is 5.73. The molecule has 1 N–H and O–H groups in total. The fourth-order valence-electron chi connectivity index (χ4n) is 2.32. The van der Waals surface area contributed by atoms with Gasteiger partial charge in [0.15, 0.2) is 6.10 Å². The lowest BCUT2D eigenvalue weighted by atomic mass is 10.0. The molecule has 0 saturated heterocycles. The Morgan fingerprint density at radius 3 is 2.35 bits per heavy atom. The summed E-state index contributed by atoms with van der Waals surface area (Å²) in [6.45, 7) is 0. The van der Waals surface area contributed by atoms with Crippen LogP contribution in [0.3, 0.4) is 0 Å². The van der Waals surface area contributed by atoms with E-state index in [0.29, 0.717) is 11.3 Å². The number of methoxy groups -OCH3 is 2. The van der Waals surface area contributed by atoms with Gasteiger partial charge in [0.2, 0.25) is 0 Å². The molecule has 1 amide bonds. The van der Waals surface area contributed by atoms with E-state index in [9.17, 15) is 10.1 Å². The van der Waals surface area contributed by atoms with Crippen LogP contribution in [0.2, 0.25) is 0 Å². The van der Waals surface area contributed by atoms with E-state index in [-0.39, 0.29) is 5.91 Å². The molecule has 0 unspecified atom stereocenters. The molecule has 0 aliphatic heterocycles. The number of ether oxygens (including phenoxy) is 2. The van der Waals surface area contributed by atoms with Crippen LogP contribution in [-0.2, 0) is 9.53 Å². The van der Waals surface area contributed by atoms with Gasteiger partial charge in [-0.1, -0.05) is 48.5 Å². The first-order valence-corrected chi connectivity index (χ1v) is 7.12. The predicted molar refractivity (Wildman–Crippen MR) is 85.7 cm³/mol. The molecule has 2 rings (SSSR count). The van der Waals surface area contributed by atoms with Crippen LogP contribution in [0.1, 0.15) is 23.3 Å². The fourth-order valence-corrected chi connectivity index (χ4v) is 2.32. The lowest BCUT2D eigenvalue weighted by Crippen LogP contribution is -2.33. The molecule has 0 fully saturated rings. The van der Waals surface area contributed by atoms with Gasteiger partial charge in [-0.15, -0.1) is 0 Å². The Morgan fingerprint density at radius 1 is 1.09 bits per heavy atom. The molecule has 0 spiro atoms. The highest BCUT2D eigenvalue weighted by Gasteiger charge is 2.24. The highest BCUT2D eigenvalue weighted by Crippen LogP contribution is 2.25. The number of hydrogen-bond donors (Lipinski definition) is 1. The van der Waals surface area contributed by atoms with Gasteiger partial charge in [-0.25, -0.2) is 0 Å². The van der Waals surface area contributed by atoms with Gasteiger partial charge in [0.05, 0.1) is 13.2 Å². The first kappa shape index (κ1) is 16.5. The second kappa shape index (κ2) is 7.97. The summed E-state index contributed by atoms with van der Waals surface area (Å²) in [7, 11) is 2.98. The number of nitrogens with zero attached hydrogens (tertiary/aromatic N) is 1. The molecule has 118 valence electrons. The second-order valence-electron chi connectivity index (χ2n) is 4.84. The van der Waals surface area contributed by atoms with Gasteiger partial charge < -0.3 is 14.8 Å². The molecular formula is C18H18N2O3. The van der Waals surface area contributed by atoms with Crippen LogP contribution in [0.4, 0.5) is 0 Å². The number of nitriles is 1. The number of rotatable bonds is 6. The molecule has 0 heterocycles. The van der Waals surface area contributed by atoms with Crippen LogP contribution in [0.5, 0.6) is 5.75 Å². The molecule has 0 aliphatic carbocycles. The Morgan fingerprint density at radius 2 is 1.74 bits per heavy atom. The lowest BCUT2D eigenvalue weighted by molar-refractivity contribution is -0.131. The maximum atomic E-state index is 12.5. The summed E-state index contributed by atoms with van der Waals surface area (Å²) in [6.07, 6.45) is -0.776. The predicted octanol–water partition coefficient (Wildman–Crippen LogP) is 2.76. The zero-order valence-corrected chi connectivity index (χ0v) is 13.0. The fraction of sp³-hybridized carbons (Fsp3) is 0.222. The van der Waals surface area contributed by atoms with Crippen molar-refractivity contribution in [3.8, 4) is 11.8 Å². The summed E-state index contributed by atoms with van der Waals surface area (Å²) in [4.78, 5) is 12.5. The third-order valence-electron chi connectivity index (χ3n) is 3.44. The summed E-state index contributed by atoms with van der Waals surface area (Å²) in [5.41, 5.74) is 1.33. The standard InChI is InChI=1S/C18H18N2O3/c1-22-16-11-7-6-10-14(16)15(12-19)20-18(21)17(23-2)13-8-4-3-5-9-13/h3-11,15,17H,1-2H3,(H,20,21)/t15-,17-/m1/s1. The van der Waals surface area contributed by atoms with Crippen molar-refractivity contribution >= 4 is 5.91 Å². The van der Waals surface area contributed by atoms with Gasteiger partial charge in [0.1, 0.15) is 11.8 Å². The summed E-state index contributed by atoms with van der Waals surface area (Å²) >= 11 is 0. The van der Waals surface area contributed by atoms with Crippen LogP contribution < -0.4 is 10.1 Å². The molecule has 0 radical (unpaired) electrons. The third kappa shape index (κ3) is 3.87. The van der Waals surface area contributed by atoms with Crippen molar-refractivity contribution in [2.45, 2.75) is 12.1 Å². The van der Waals surface area contributed by atoms with Crippen molar-refractivity contribution in [2.75, 3.05) is 14.2 Å². The van der Waals surface area contributed by atoms with E-state index in [1.165, 1.54) is 14.2 Å². The van der Waals surface area contributed by atoms with Crippen molar-refractivity contribution in [1.82, 2.24) is 5.32 Å². The topological polar surface area (TPSA) is 71.3 Å². The number of hydrogen-bond acceptors (Lipinski definition) is 4. The monoisotopic (exact) mass is 310 g/mol. The van der Waals surface area contributed by atoms with E-state index in [1.807, 2.05) is 18.2 Å². The van der Waals surface area contributed by atoms with E-state index >= 15 is 0 Å². The zero-order chi connectivity index (χ0) is 16.7. The largest absolute Gasteiger partial charge is 0.496 e. The van der Waals surface area contributed by atoms with E-state index in [0.717, 1.165) is 5.56 Å². The van der Waals surface area contributed by atoms with Crippen molar-refractivity contribution in [1.29, 1.82) is 5.26 Å². The highest BCUT2D eigenvalue weighted by molar-refractivity contribution is 5.83. The van der Waals surface area contributed by atoms with Crippen LogP contribution in [-0.4, -0.2) is 20.1 Å². The van der Waals surface area contributed by atoms with E-state index in [2.05, 4.69) is 11.4 Å². The third-order valence-corrected chi connectivity index (χ3v) is 3.44. The Bertz CT molecular complexity index is 695. The molecule has 5 heteroatoms. The van der Waals surface area contributed by atoms with Gasteiger partial charge in [0, 0.05) is 12.7 Å². The van der Waals surface area contributed by atoms with Crippen molar-refractivity contribution in [3.05, 3.63) is 65.7 Å². The molecule has 0 aromatic heterocycles. The quantitative estimate of drug-likeness (QED) is 0.890. The van der Waals surface area contributed by atoms with Gasteiger partial charge in [-0.05, 0) is 11.6 Å². The lowest BCUT2D eigenvalue weighted by Gasteiger charge is -2.19. The summed E-state index contributed by atoms with van der Waals surface area (Å²) < 4.78 is 10.5. The molecule has 2 aromatic rings. The number of carbonyl (C=O) groups is 1. The van der Waals surface area contributed by atoms with E-state index in [1.54, 1.807) is 36.4 Å². The summed E-state index contributed by atoms with van der Waals surface area (Å²) in [5.74, 6) is 0.171. The maximum Gasteiger partial charge on any atom is 0.255 e. The van der Waals surface area contributed by atoms with Crippen LogP contribution in [0, 0.1) is 11.3 Å². The number of nitrogens with one attached hydrogen (secondary N) is 1. The first-order valence-electron chi connectivity index (χ1n) is 7.12. The first-order chi connectivity index (χ1) is 11.2. The molecule has 2 atom stereocenters. The van der Waals surface area contributed by atoms with Crippen LogP contribution in [0.25, 0.3) is 0 Å². The Balaban J connectivity index is 2.21. The minimum Gasteiger partial charge on any atom is -0.496 e. The molecule has 0 bridgehead atoms. The maximum absolute atomic E-state index is 12.5. The van der Waals surface area contributed by atoms with Crippen molar-refractivity contribution in [2.24, 2.45) is 0 Å². The zero-order valence-electron chi connectivity index (χ0n) is 13.0. The smallest absolute Gasteiger partial charge is 0.255 e. The van der Waals surface area contributed by atoms with Crippen LogP contribution in [0.15, 0.2) is 54.6 Å². The average molecular weight is 310 g/mol. The number of carbonyl (C=O) groups excluding carboxylic acids is 1. The Hall–Kier alpha value is -2.84.